The van der Waals surface area contributed by atoms with E-state index in [9.17, 15) is 26.4 Å². The highest BCUT2D eigenvalue weighted by molar-refractivity contribution is 7.85. The summed E-state index contributed by atoms with van der Waals surface area (Å²) < 4.78 is 73.3. The van der Waals surface area contributed by atoms with Crippen molar-refractivity contribution in [3.63, 3.8) is 0 Å². The molecule has 1 heterocycles. The van der Waals surface area contributed by atoms with Crippen LogP contribution >= 0.6 is 11.6 Å². The van der Waals surface area contributed by atoms with Gasteiger partial charge >= 0.3 is 6.18 Å². The number of benzene rings is 3. The number of rotatable bonds is 9. The number of halogens is 4. The molecule has 3 aromatic rings. The summed E-state index contributed by atoms with van der Waals surface area (Å²) in [6.07, 6.45) is -2.93. The lowest BCUT2D eigenvalue weighted by molar-refractivity contribution is -0.137. The fourth-order valence-corrected chi connectivity index (χ4v) is 5.14. The number of ether oxygens (including phenoxy) is 1. The lowest BCUT2D eigenvalue weighted by Crippen LogP contribution is -2.36. The van der Waals surface area contributed by atoms with Crippen LogP contribution in [-0.2, 0) is 30.7 Å². The first-order valence-electron chi connectivity index (χ1n) is 11.7. The summed E-state index contributed by atoms with van der Waals surface area (Å²) in [6.45, 7) is -0.125. The van der Waals surface area contributed by atoms with E-state index in [4.69, 9.17) is 20.5 Å². The number of amides is 1. The highest BCUT2D eigenvalue weighted by Crippen LogP contribution is 2.45. The Morgan fingerprint density at radius 3 is 2.26 bits per heavy atom. The third kappa shape index (κ3) is 6.67. The van der Waals surface area contributed by atoms with Gasteiger partial charge in [-0.3, -0.25) is 8.98 Å². The van der Waals surface area contributed by atoms with Crippen molar-refractivity contribution < 1.29 is 35.3 Å². The average Bonchev–Trinajstić information content (AvgIpc) is 3.20. The predicted octanol–water partition coefficient (Wildman–Crippen LogP) is 6.41. The van der Waals surface area contributed by atoms with E-state index in [0.29, 0.717) is 27.6 Å². The van der Waals surface area contributed by atoms with Gasteiger partial charge in [-0.25, -0.2) is 0 Å². The molecule has 1 amide bonds. The summed E-state index contributed by atoms with van der Waals surface area (Å²) >= 11 is 5.91. The van der Waals surface area contributed by atoms with Gasteiger partial charge in [0.1, 0.15) is 11.5 Å². The number of hydrogen-bond acceptors (Lipinski definition) is 5. The van der Waals surface area contributed by atoms with Crippen LogP contribution in [0.15, 0.2) is 72.8 Å². The number of carbonyl (C=O) groups excluding carboxylic acids is 1. The van der Waals surface area contributed by atoms with Crippen molar-refractivity contribution in [3.8, 4) is 11.5 Å². The first-order valence-corrected chi connectivity index (χ1v) is 13.9. The first-order chi connectivity index (χ1) is 17.9. The fraction of sp³-hybridized carbons (Fsp3) is 0.296. The van der Waals surface area contributed by atoms with E-state index in [1.807, 2.05) is 0 Å². The van der Waals surface area contributed by atoms with Crippen LogP contribution in [0.1, 0.15) is 42.0 Å². The maximum absolute atomic E-state index is 13.4. The van der Waals surface area contributed by atoms with Gasteiger partial charge in [-0.15, -0.1) is 0 Å². The van der Waals surface area contributed by atoms with Crippen LogP contribution in [0.2, 0.25) is 5.02 Å². The number of carbonyl (C=O) groups is 1. The first kappa shape index (κ1) is 27.9. The number of hydrogen-bond donors (Lipinski definition) is 1. The van der Waals surface area contributed by atoms with Gasteiger partial charge in [0.25, 0.3) is 10.1 Å². The second kappa shape index (κ2) is 11.0. The summed E-state index contributed by atoms with van der Waals surface area (Å²) in [6, 6.07) is 17.9. The molecule has 1 aliphatic heterocycles. The molecule has 202 valence electrons. The molecule has 1 saturated heterocycles. The molecule has 3 aromatic carbocycles. The monoisotopic (exact) mass is 567 g/mol. The third-order valence-corrected chi connectivity index (χ3v) is 7.26. The molecule has 2 atom stereocenters. The molecular weight excluding hydrogens is 543 g/mol. The van der Waals surface area contributed by atoms with Gasteiger partial charge in [-0.05, 0) is 78.9 Å². The van der Waals surface area contributed by atoms with Gasteiger partial charge in [0.2, 0.25) is 5.91 Å². The van der Waals surface area contributed by atoms with E-state index >= 15 is 0 Å². The fourth-order valence-electron chi connectivity index (χ4n) is 4.60. The Morgan fingerprint density at radius 2 is 1.66 bits per heavy atom. The summed E-state index contributed by atoms with van der Waals surface area (Å²) in [5.41, 5.74) is -0.942. The Bertz CT molecular complexity index is 1400. The van der Waals surface area contributed by atoms with Gasteiger partial charge in [-0.1, -0.05) is 35.9 Å². The van der Waals surface area contributed by atoms with Gasteiger partial charge < -0.3 is 10.1 Å². The zero-order valence-electron chi connectivity index (χ0n) is 20.3. The van der Waals surface area contributed by atoms with E-state index in [-0.39, 0.29) is 31.8 Å². The topological polar surface area (TPSA) is 81.7 Å². The zero-order chi connectivity index (χ0) is 27.6. The Hall–Kier alpha value is -3.08. The molecule has 0 saturated carbocycles. The normalized spacial score (nSPS) is 19.8. The second-order valence-corrected chi connectivity index (χ2v) is 11.2. The van der Waals surface area contributed by atoms with Crippen molar-refractivity contribution in [1.82, 2.24) is 5.32 Å². The van der Waals surface area contributed by atoms with Crippen LogP contribution in [-0.4, -0.2) is 27.2 Å². The molecular formula is C27H25ClF3NO5S. The Balaban J connectivity index is 1.61. The minimum atomic E-state index is -4.52. The highest BCUT2D eigenvalue weighted by Gasteiger charge is 2.48. The van der Waals surface area contributed by atoms with Gasteiger partial charge in [0.05, 0.1) is 29.9 Å². The maximum atomic E-state index is 13.4. The van der Waals surface area contributed by atoms with Crippen LogP contribution in [0.5, 0.6) is 11.5 Å². The van der Waals surface area contributed by atoms with Crippen LogP contribution in [0, 0.1) is 0 Å². The summed E-state index contributed by atoms with van der Waals surface area (Å²) in [5.74, 6) is 0.725. The molecule has 11 heteroatoms. The molecule has 0 radical (unpaired) electrons. The largest absolute Gasteiger partial charge is 0.457 e. The van der Waals surface area contributed by atoms with Crippen molar-refractivity contribution in [3.05, 3.63) is 94.5 Å². The SMILES string of the molecule is CS(=O)(=O)OCCC[C@@]1(c2ccc(Oc3ccc(Cl)cc3)cc2)C[C@H](c2cccc(C(F)(F)F)c2)NC1=O. The van der Waals surface area contributed by atoms with Crippen LogP contribution in [0.3, 0.4) is 0 Å². The standard InChI is InChI=1S/C27H25ClF3NO5S/c1-38(34,35)36-15-3-14-26(19-6-10-22(11-7-19)37-23-12-8-21(28)9-13-23)17-24(32-25(26)33)18-4-2-5-20(16-18)27(29,30)31/h2,4-13,16,24H,3,14-15,17H2,1H3,(H,32,33)/t24-,26+/m1/s1. The third-order valence-electron chi connectivity index (χ3n) is 6.41. The minimum absolute atomic E-state index is 0.125. The van der Waals surface area contributed by atoms with Gasteiger partial charge in [0, 0.05) is 5.02 Å². The van der Waals surface area contributed by atoms with Crippen molar-refractivity contribution in [2.45, 2.75) is 36.9 Å². The van der Waals surface area contributed by atoms with Gasteiger partial charge in [0.15, 0.2) is 0 Å². The summed E-state index contributed by atoms with van der Waals surface area (Å²) in [4.78, 5) is 13.4. The van der Waals surface area contributed by atoms with Gasteiger partial charge in [-0.2, -0.15) is 21.6 Å². The van der Waals surface area contributed by atoms with E-state index < -0.39 is 33.3 Å². The predicted molar refractivity (Wildman–Crippen MR) is 137 cm³/mol. The van der Waals surface area contributed by atoms with Crippen LogP contribution in [0.25, 0.3) is 0 Å². The minimum Gasteiger partial charge on any atom is -0.457 e. The molecule has 6 nitrogen and oxygen atoms in total. The maximum Gasteiger partial charge on any atom is 0.416 e. The Kier molecular flexibility index (Phi) is 8.06. The molecule has 0 aliphatic carbocycles. The highest BCUT2D eigenvalue weighted by atomic mass is 35.5. The Labute approximate surface area is 223 Å². The second-order valence-electron chi connectivity index (χ2n) is 9.15. The van der Waals surface area contributed by atoms with E-state index in [1.165, 1.54) is 6.07 Å². The van der Waals surface area contributed by atoms with Crippen molar-refractivity contribution >= 4 is 27.6 Å². The molecule has 4 rings (SSSR count). The average molecular weight is 568 g/mol. The van der Waals surface area contributed by atoms with Crippen molar-refractivity contribution in [2.24, 2.45) is 0 Å². The number of alkyl halides is 3. The molecule has 0 unspecified atom stereocenters. The van der Waals surface area contributed by atoms with E-state index in [2.05, 4.69) is 5.32 Å². The Morgan fingerprint density at radius 1 is 1.03 bits per heavy atom. The van der Waals surface area contributed by atoms with E-state index in [1.54, 1.807) is 54.6 Å². The molecule has 0 bridgehead atoms. The lowest BCUT2D eigenvalue weighted by Gasteiger charge is -2.27. The van der Waals surface area contributed by atoms with Crippen molar-refractivity contribution in [1.29, 1.82) is 0 Å². The lowest BCUT2D eigenvalue weighted by atomic mass is 9.73. The summed E-state index contributed by atoms with van der Waals surface area (Å²) in [5, 5.41) is 3.41. The zero-order valence-corrected chi connectivity index (χ0v) is 21.9. The molecule has 1 N–H and O–H groups in total. The smallest absolute Gasteiger partial charge is 0.416 e. The quantitative estimate of drug-likeness (QED) is 0.239. The van der Waals surface area contributed by atoms with Crippen LogP contribution < -0.4 is 10.1 Å². The number of nitrogens with one attached hydrogen (secondary N) is 1. The summed E-state index contributed by atoms with van der Waals surface area (Å²) in [7, 11) is -3.66. The van der Waals surface area contributed by atoms with Crippen molar-refractivity contribution in [2.75, 3.05) is 12.9 Å². The molecule has 0 spiro atoms. The van der Waals surface area contributed by atoms with E-state index in [0.717, 1.165) is 18.4 Å². The molecule has 38 heavy (non-hydrogen) atoms. The molecule has 1 fully saturated rings. The van der Waals surface area contributed by atoms with Crippen LogP contribution in [0.4, 0.5) is 13.2 Å². The molecule has 0 aromatic heterocycles. The molecule has 1 aliphatic rings.